The van der Waals surface area contributed by atoms with E-state index in [9.17, 15) is 9.90 Å². The predicted molar refractivity (Wildman–Crippen MR) is 124 cm³/mol. The van der Waals surface area contributed by atoms with Gasteiger partial charge < -0.3 is 15.2 Å². The van der Waals surface area contributed by atoms with E-state index in [0.29, 0.717) is 29.3 Å². The largest absolute Gasteiger partial charge is 0.393 e. The third kappa shape index (κ3) is 3.85. The van der Waals surface area contributed by atoms with Gasteiger partial charge in [0.25, 0.3) is 0 Å². The quantitative estimate of drug-likeness (QED) is 0.543. The van der Waals surface area contributed by atoms with Crippen LogP contribution in [0, 0.1) is 5.92 Å². The number of nitrogens with zero attached hydrogens (tertiary/aromatic N) is 2. The highest BCUT2D eigenvalue weighted by molar-refractivity contribution is 7.12. The molecular weight excluding hydrogens is 422 g/mol. The van der Waals surface area contributed by atoms with E-state index in [1.165, 1.54) is 17.7 Å². The second kappa shape index (κ2) is 8.73. The van der Waals surface area contributed by atoms with Crippen LogP contribution >= 0.6 is 11.3 Å². The lowest BCUT2D eigenvalue weighted by Crippen LogP contribution is -2.25. The van der Waals surface area contributed by atoms with Crippen LogP contribution in [0.15, 0.2) is 54.3 Å². The van der Waals surface area contributed by atoms with Gasteiger partial charge in [0.15, 0.2) is 0 Å². The average molecular weight is 450 g/mol. The first kappa shape index (κ1) is 21.2. The maximum Gasteiger partial charge on any atom is 0.208 e. The molecule has 7 heteroatoms. The zero-order valence-electron chi connectivity index (χ0n) is 18.0. The number of benzene rings is 1. The Hall–Kier alpha value is -2.61. The van der Waals surface area contributed by atoms with E-state index in [1.54, 1.807) is 6.20 Å². The molecule has 2 aromatic heterocycles. The van der Waals surface area contributed by atoms with Crippen LogP contribution in [0.1, 0.15) is 59.0 Å². The van der Waals surface area contributed by atoms with Gasteiger partial charge in [0.1, 0.15) is 17.7 Å². The van der Waals surface area contributed by atoms with Gasteiger partial charge in [-0.15, -0.1) is 11.3 Å². The number of thiophene rings is 1. The van der Waals surface area contributed by atoms with Gasteiger partial charge in [-0.25, -0.2) is 9.97 Å². The lowest BCUT2D eigenvalue weighted by Gasteiger charge is -2.28. The third-order valence-electron chi connectivity index (χ3n) is 6.69. The first-order valence-corrected chi connectivity index (χ1v) is 12.0. The van der Waals surface area contributed by atoms with E-state index >= 15 is 0 Å². The van der Waals surface area contributed by atoms with Crippen molar-refractivity contribution in [2.75, 3.05) is 11.9 Å². The van der Waals surface area contributed by atoms with Gasteiger partial charge in [0, 0.05) is 18.8 Å². The highest BCUT2D eigenvalue weighted by Gasteiger charge is 2.40. The maximum atomic E-state index is 13.4. The van der Waals surface area contributed by atoms with Crippen molar-refractivity contribution >= 4 is 22.9 Å². The summed E-state index contributed by atoms with van der Waals surface area (Å²) in [6.45, 7) is 2.75. The Balaban J connectivity index is 1.42. The molecule has 2 N–H and O–H groups in total. The van der Waals surface area contributed by atoms with Crippen LogP contribution in [0.3, 0.4) is 0 Å². The number of ketones is 1. The van der Waals surface area contributed by atoms with Crippen molar-refractivity contribution < 1.29 is 14.6 Å². The molecule has 5 rings (SSSR count). The number of nitrogens with one attached hydrogen (secondary N) is 1. The van der Waals surface area contributed by atoms with Gasteiger partial charge in [0.2, 0.25) is 5.78 Å². The number of carbonyl (C=O) groups excluding carboxylic acids is 1. The van der Waals surface area contributed by atoms with Crippen molar-refractivity contribution in [2.24, 2.45) is 5.92 Å². The topological polar surface area (TPSA) is 84.3 Å². The summed E-state index contributed by atoms with van der Waals surface area (Å²) in [4.78, 5) is 22.5. The van der Waals surface area contributed by atoms with Crippen molar-refractivity contribution in [2.45, 2.75) is 50.4 Å². The molecule has 0 radical (unpaired) electrons. The molecule has 4 atom stereocenters. The molecule has 2 fully saturated rings. The molecule has 6 nitrogen and oxygen atoms in total. The summed E-state index contributed by atoms with van der Waals surface area (Å²) >= 11 is 1.43. The highest BCUT2D eigenvalue weighted by atomic mass is 32.1. The molecular formula is C25H27N3O3S. The first-order valence-electron chi connectivity index (χ1n) is 11.1. The minimum atomic E-state index is -0.499. The van der Waals surface area contributed by atoms with Crippen LogP contribution in [0.25, 0.3) is 0 Å². The van der Waals surface area contributed by atoms with Crippen molar-refractivity contribution in [1.29, 1.82) is 0 Å². The molecule has 2 aliphatic rings. The predicted octanol–water partition coefficient (Wildman–Crippen LogP) is 4.39. The van der Waals surface area contributed by atoms with E-state index in [1.807, 2.05) is 36.6 Å². The molecule has 3 heterocycles. The summed E-state index contributed by atoms with van der Waals surface area (Å²) in [6, 6.07) is 12.3. The highest BCUT2D eigenvalue weighted by Crippen LogP contribution is 2.44. The number of ether oxygens (including phenoxy) is 1. The summed E-state index contributed by atoms with van der Waals surface area (Å²) < 4.78 is 6.28. The standard InChI is InChI=1S/C25H27N3O3S/c1-16-10-19(12-21(16)29)28-24-20(13-26-15-27-24)23(30)22-11-18(14-32-22)25(8-5-9-31-25)17-6-3-2-4-7-17/h2-4,6-7,11,13-16,19,21,29H,5,8-10,12H2,1H3,(H,26,27,28)/t16-,19-,21+,25+/m1/s1. The Morgan fingerprint density at radius 2 is 2.09 bits per heavy atom. The van der Waals surface area contributed by atoms with E-state index in [0.717, 1.165) is 30.4 Å². The summed E-state index contributed by atoms with van der Waals surface area (Å²) in [5, 5.41) is 15.5. The van der Waals surface area contributed by atoms with Crippen molar-refractivity contribution in [1.82, 2.24) is 9.97 Å². The zero-order valence-corrected chi connectivity index (χ0v) is 18.8. The van der Waals surface area contributed by atoms with Gasteiger partial charge in [-0.05, 0) is 54.2 Å². The normalized spacial score (nSPS) is 27.5. The van der Waals surface area contributed by atoms with Crippen molar-refractivity contribution in [3.05, 3.63) is 75.9 Å². The minimum Gasteiger partial charge on any atom is -0.393 e. The fraction of sp³-hybridized carbons (Fsp3) is 0.400. The van der Waals surface area contributed by atoms with E-state index in [4.69, 9.17) is 4.74 Å². The fourth-order valence-corrected chi connectivity index (χ4v) is 5.84. The summed E-state index contributed by atoms with van der Waals surface area (Å²) in [5.41, 5.74) is 2.10. The van der Waals surface area contributed by atoms with Crippen LogP contribution in [0.5, 0.6) is 0 Å². The number of anilines is 1. The molecule has 32 heavy (non-hydrogen) atoms. The van der Waals surface area contributed by atoms with Gasteiger partial charge in [-0.1, -0.05) is 37.3 Å². The number of rotatable bonds is 6. The van der Waals surface area contributed by atoms with Gasteiger partial charge in [-0.2, -0.15) is 0 Å². The molecule has 0 bridgehead atoms. The summed E-state index contributed by atoms with van der Waals surface area (Å²) in [5.74, 6) is 0.659. The Morgan fingerprint density at radius 1 is 1.25 bits per heavy atom. The minimum absolute atomic E-state index is 0.0913. The number of hydrogen-bond donors (Lipinski definition) is 2. The van der Waals surface area contributed by atoms with Crippen molar-refractivity contribution in [3.8, 4) is 0 Å². The molecule has 0 unspecified atom stereocenters. The molecule has 1 saturated heterocycles. The van der Waals surface area contributed by atoms with Gasteiger partial charge >= 0.3 is 0 Å². The lowest BCUT2D eigenvalue weighted by atomic mass is 9.85. The van der Waals surface area contributed by atoms with Crippen LogP contribution in [0.4, 0.5) is 5.82 Å². The number of aromatic nitrogens is 2. The van der Waals surface area contributed by atoms with Gasteiger partial charge in [-0.3, -0.25) is 4.79 Å². The molecule has 1 aliphatic carbocycles. The number of aliphatic hydroxyl groups is 1. The Kier molecular flexibility index (Phi) is 5.80. The van der Waals surface area contributed by atoms with Crippen molar-refractivity contribution in [3.63, 3.8) is 0 Å². The second-order valence-electron chi connectivity index (χ2n) is 8.82. The number of hydrogen-bond acceptors (Lipinski definition) is 7. The first-order chi connectivity index (χ1) is 15.6. The van der Waals surface area contributed by atoms with E-state index in [2.05, 4.69) is 27.4 Å². The Bertz CT molecular complexity index is 1080. The third-order valence-corrected chi connectivity index (χ3v) is 7.62. The molecule has 1 aromatic carbocycles. The SMILES string of the molecule is C[C@@H]1C[C@@H](Nc2ncncc2C(=O)c2cc([C@@]3(c4ccccc4)CCCO3)cs2)C[C@@H]1O. The van der Waals surface area contributed by atoms with Gasteiger partial charge in [0.05, 0.1) is 16.5 Å². The molecule has 3 aromatic rings. The van der Waals surface area contributed by atoms with Crippen LogP contribution in [-0.4, -0.2) is 39.6 Å². The number of aliphatic hydroxyl groups excluding tert-OH is 1. The smallest absolute Gasteiger partial charge is 0.208 e. The summed E-state index contributed by atoms with van der Waals surface area (Å²) in [6.07, 6.45) is 6.08. The lowest BCUT2D eigenvalue weighted by molar-refractivity contribution is 0.0363. The molecule has 0 amide bonds. The Labute approximate surface area is 191 Å². The summed E-state index contributed by atoms with van der Waals surface area (Å²) in [7, 11) is 0. The second-order valence-corrected chi connectivity index (χ2v) is 9.73. The molecule has 166 valence electrons. The fourth-order valence-electron chi connectivity index (χ4n) is 4.92. The Morgan fingerprint density at radius 3 is 2.81 bits per heavy atom. The van der Waals surface area contributed by atoms with Crippen LogP contribution < -0.4 is 5.32 Å². The molecule has 1 saturated carbocycles. The van der Waals surface area contributed by atoms with E-state index in [-0.39, 0.29) is 23.8 Å². The van der Waals surface area contributed by atoms with Crippen LogP contribution in [-0.2, 0) is 10.3 Å². The maximum absolute atomic E-state index is 13.4. The van der Waals surface area contributed by atoms with Crippen LogP contribution in [0.2, 0.25) is 0 Å². The zero-order chi connectivity index (χ0) is 22.1. The molecule has 0 spiro atoms. The monoisotopic (exact) mass is 449 g/mol. The molecule has 1 aliphatic heterocycles. The average Bonchev–Trinajstić information content (AvgIpc) is 3.56. The number of carbonyl (C=O) groups is 1. The van der Waals surface area contributed by atoms with E-state index < -0.39 is 5.60 Å².